The number of carbonyl (C=O) groups is 2. The average molecular weight is 605 g/mol. The minimum Gasteiger partial charge on any atom is -0.354 e. The van der Waals surface area contributed by atoms with Gasteiger partial charge in [0.2, 0.25) is 11.8 Å². The fourth-order valence-corrected chi connectivity index (χ4v) is 6.36. The molecule has 3 aromatic rings. The summed E-state index contributed by atoms with van der Waals surface area (Å²) in [5.41, 5.74) is 1.95. The summed E-state index contributed by atoms with van der Waals surface area (Å²) >= 11 is 12.5. The molecule has 0 fully saturated rings. The molecule has 0 saturated carbocycles. The molecule has 2 amide bonds. The molecule has 0 unspecified atom stereocenters. The predicted octanol–water partition coefficient (Wildman–Crippen LogP) is 6.22. The molecule has 1 N–H and O–H groups in total. The zero-order valence-corrected chi connectivity index (χ0v) is 25.3. The van der Waals surface area contributed by atoms with Crippen LogP contribution in [0.4, 0.5) is 5.69 Å². The number of nitrogens with zero attached hydrogens (tertiary/aromatic N) is 2. The number of unbranched alkanes of at least 4 members (excludes halogenated alkanes) is 1. The van der Waals surface area contributed by atoms with E-state index in [9.17, 15) is 18.0 Å². The van der Waals surface area contributed by atoms with E-state index in [1.165, 1.54) is 35.2 Å². The number of aryl methyl sites for hydroxylation is 1. The third-order valence-electron chi connectivity index (χ3n) is 6.44. The van der Waals surface area contributed by atoms with Crippen LogP contribution in [0.1, 0.15) is 44.2 Å². The number of carbonyl (C=O) groups excluding carboxylic acids is 2. The Bertz CT molecular complexity index is 1420. The third-order valence-corrected chi connectivity index (χ3v) is 8.75. The smallest absolute Gasteiger partial charge is 0.264 e. The lowest BCUT2D eigenvalue weighted by Gasteiger charge is -2.33. The molecule has 7 nitrogen and oxygen atoms in total. The predicted molar refractivity (Wildman–Crippen MR) is 161 cm³/mol. The summed E-state index contributed by atoms with van der Waals surface area (Å²) in [5, 5.41) is 3.33. The summed E-state index contributed by atoms with van der Waals surface area (Å²) in [4.78, 5) is 28.8. The number of amides is 2. The third kappa shape index (κ3) is 7.99. The van der Waals surface area contributed by atoms with Crippen molar-refractivity contribution < 1.29 is 18.0 Å². The van der Waals surface area contributed by atoms with Gasteiger partial charge in [0, 0.05) is 18.1 Å². The lowest BCUT2D eigenvalue weighted by molar-refractivity contribution is -0.140. The zero-order valence-electron chi connectivity index (χ0n) is 22.9. The number of hydrogen-bond acceptors (Lipinski definition) is 4. The topological polar surface area (TPSA) is 86.8 Å². The highest BCUT2D eigenvalue weighted by atomic mass is 35.5. The first-order chi connectivity index (χ1) is 19.1. The Labute approximate surface area is 247 Å². The Morgan fingerprint density at radius 2 is 1.68 bits per heavy atom. The van der Waals surface area contributed by atoms with Crippen molar-refractivity contribution in [2.75, 3.05) is 17.4 Å². The monoisotopic (exact) mass is 603 g/mol. The molecule has 214 valence electrons. The van der Waals surface area contributed by atoms with E-state index in [1.807, 2.05) is 45.0 Å². The van der Waals surface area contributed by atoms with E-state index >= 15 is 0 Å². The second kappa shape index (κ2) is 14.5. The molecular weight excluding hydrogens is 569 g/mol. The normalized spacial score (nSPS) is 12.0. The minimum atomic E-state index is -4.21. The van der Waals surface area contributed by atoms with Crippen LogP contribution in [0, 0.1) is 6.92 Å². The fourth-order valence-electron chi connectivity index (χ4n) is 4.35. The summed E-state index contributed by atoms with van der Waals surface area (Å²) in [7, 11) is -4.21. The van der Waals surface area contributed by atoms with Crippen LogP contribution >= 0.6 is 23.2 Å². The maximum absolute atomic E-state index is 14.1. The Morgan fingerprint density at radius 1 is 0.950 bits per heavy atom. The van der Waals surface area contributed by atoms with Crippen molar-refractivity contribution in [1.82, 2.24) is 10.2 Å². The number of benzene rings is 3. The van der Waals surface area contributed by atoms with Gasteiger partial charge in [0.1, 0.15) is 12.6 Å². The van der Waals surface area contributed by atoms with Crippen LogP contribution < -0.4 is 9.62 Å². The molecule has 0 radical (unpaired) electrons. The molecule has 10 heteroatoms. The first-order valence-electron chi connectivity index (χ1n) is 13.2. The van der Waals surface area contributed by atoms with E-state index in [0.29, 0.717) is 18.0 Å². The van der Waals surface area contributed by atoms with Crippen molar-refractivity contribution in [2.24, 2.45) is 0 Å². The summed E-state index contributed by atoms with van der Waals surface area (Å²) in [6.45, 7) is 5.86. The minimum absolute atomic E-state index is 0.00315. The van der Waals surface area contributed by atoms with E-state index in [-0.39, 0.29) is 28.1 Å². The van der Waals surface area contributed by atoms with Gasteiger partial charge in [-0.05, 0) is 55.7 Å². The van der Waals surface area contributed by atoms with Gasteiger partial charge in [0.25, 0.3) is 10.0 Å². The maximum atomic E-state index is 14.1. The highest BCUT2D eigenvalue weighted by Crippen LogP contribution is 2.33. The van der Waals surface area contributed by atoms with Crippen molar-refractivity contribution in [3.05, 3.63) is 94.0 Å². The van der Waals surface area contributed by atoms with E-state index in [0.717, 1.165) is 28.3 Å². The molecular formula is C30H35Cl2N3O4S. The van der Waals surface area contributed by atoms with Crippen LogP contribution in [-0.4, -0.2) is 44.3 Å². The number of halogens is 2. The summed E-state index contributed by atoms with van der Waals surface area (Å²) < 4.78 is 28.7. The molecule has 0 aromatic heterocycles. The van der Waals surface area contributed by atoms with E-state index in [4.69, 9.17) is 23.2 Å². The number of sulfonamides is 1. The molecule has 0 bridgehead atoms. The largest absolute Gasteiger partial charge is 0.354 e. The van der Waals surface area contributed by atoms with Gasteiger partial charge in [-0.15, -0.1) is 0 Å². The Morgan fingerprint density at radius 3 is 2.30 bits per heavy atom. The van der Waals surface area contributed by atoms with Gasteiger partial charge in [-0.25, -0.2) is 8.42 Å². The lowest BCUT2D eigenvalue weighted by atomic mass is 10.1. The summed E-state index contributed by atoms with van der Waals surface area (Å²) in [5.74, 6) is -0.816. The summed E-state index contributed by atoms with van der Waals surface area (Å²) in [6, 6.07) is 19.1. The second-order valence-corrected chi connectivity index (χ2v) is 12.2. The van der Waals surface area contributed by atoms with E-state index in [1.54, 1.807) is 18.2 Å². The van der Waals surface area contributed by atoms with Gasteiger partial charge < -0.3 is 10.2 Å². The number of nitrogens with one attached hydrogen (secondary N) is 1. The van der Waals surface area contributed by atoms with Gasteiger partial charge in [-0.3, -0.25) is 13.9 Å². The molecule has 40 heavy (non-hydrogen) atoms. The number of rotatable bonds is 13. The molecule has 0 aliphatic heterocycles. The Balaban J connectivity index is 2.06. The van der Waals surface area contributed by atoms with Gasteiger partial charge in [-0.2, -0.15) is 0 Å². The second-order valence-electron chi connectivity index (χ2n) is 9.50. The molecule has 3 aromatic carbocycles. The Hall–Kier alpha value is -3.07. The van der Waals surface area contributed by atoms with Crippen LogP contribution in [0.25, 0.3) is 0 Å². The quantitative estimate of drug-likeness (QED) is 0.235. The van der Waals surface area contributed by atoms with Gasteiger partial charge in [0.05, 0.1) is 15.6 Å². The highest BCUT2D eigenvalue weighted by Gasteiger charge is 2.34. The first-order valence-corrected chi connectivity index (χ1v) is 15.4. The molecule has 0 aliphatic rings. The molecule has 0 spiro atoms. The molecule has 0 heterocycles. The average Bonchev–Trinajstić information content (AvgIpc) is 2.92. The van der Waals surface area contributed by atoms with Crippen LogP contribution in [0.5, 0.6) is 0 Å². The number of anilines is 1. The van der Waals surface area contributed by atoms with Crippen LogP contribution in [0.2, 0.25) is 10.0 Å². The SMILES string of the molecule is CCCCNC(=O)[C@H](CC)N(Cc1cccc(C)c1)C(=O)CN(c1ccc(Cl)cc1Cl)S(=O)(=O)c1ccccc1. The zero-order chi connectivity index (χ0) is 29.3. The van der Waals surface area contributed by atoms with Crippen molar-refractivity contribution in [3.63, 3.8) is 0 Å². The van der Waals surface area contributed by atoms with Crippen molar-refractivity contribution in [1.29, 1.82) is 0 Å². The first kappa shape index (κ1) is 31.5. The van der Waals surface area contributed by atoms with Gasteiger partial charge in [-0.1, -0.05) is 91.5 Å². The van der Waals surface area contributed by atoms with E-state index < -0.39 is 28.5 Å². The molecule has 3 rings (SSSR count). The van der Waals surface area contributed by atoms with Crippen molar-refractivity contribution in [3.8, 4) is 0 Å². The summed E-state index contributed by atoms with van der Waals surface area (Å²) in [6.07, 6.45) is 2.08. The van der Waals surface area contributed by atoms with Crippen LogP contribution in [-0.2, 0) is 26.2 Å². The fraction of sp³-hybridized carbons (Fsp3) is 0.333. The standard InChI is InChI=1S/C30H35Cl2N3O4S/c1-4-6-17-33-30(37)27(5-2)34(20-23-12-10-11-22(3)18-23)29(36)21-35(28-16-15-24(31)19-26(28)32)40(38,39)25-13-8-7-9-14-25/h7-16,18-19,27H,4-6,17,20-21H2,1-3H3,(H,33,37)/t27-/m0/s1. The maximum Gasteiger partial charge on any atom is 0.264 e. The van der Waals surface area contributed by atoms with Crippen molar-refractivity contribution >= 4 is 50.7 Å². The van der Waals surface area contributed by atoms with Crippen LogP contribution in [0.15, 0.2) is 77.7 Å². The molecule has 1 atom stereocenters. The number of hydrogen-bond donors (Lipinski definition) is 1. The Kier molecular flexibility index (Phi) is 11.4. The lowest BCUT2D eigenvalue weighted by Crippen LogP contribution is -2.52. The molecule has 0 aliphatic carbocycles. The van der Waals surface area contributed by atoms with Gasteiger partial charge in [0.15, 0.2) is 0 Å². The van der Waals surface area contributed by atoms with Crippen molar-refractivity contribution in [2.45, 2.75) is 57.5 Å². The highest BCUT2D eigenvalue weighted by molar-refractivity contribution is 7.92. The van der Waals surface area contributed by atoms with Gasteiger partial charge >= 0.3 is 0 Å². The van der Waals surface area contributed by atoms with E-state index in [2.05, 4.69) is 5.32 Å². The molecule has 0 saturated heterocycles. The van der Waals surface area contributed by atoms with Crippen LogP contribution in [0.3, 0.4) is 0 Å².